The van der Waals surface area contributed by atoms with Gasteiger partial charge in [-0.2, -0.15) is 0 Å². The van der Waals surface area contributed by atoms with Crippen molar-refractivity contribution in [3.05, 3.63) is 121 Å². The number of hydrogen-bond acceptors (Lipinski definition) is 0. The van der Waals surface area contributed by atoms with Gasteiger partial charge in [-0.3, -0.25) is 0 Å². The Morgan fingerprint density at radius 1 is 0.381 bits per heavy atom. The number of rotatable bonds is 0. The zero-order valence-corrected chi connectivity index (χ0v) is 26.9. The van der Waals surface area contributed by atoms with Crippen molar-refractivity contribution < 1.29 is 13.7 Å². The topological polar surface area (TPSA) is 26.4 Å². The SMILES string of the molecule is Cc1c2c(C)c3c(C)c1Cn1c[n+](cc1C)Cc1c(C)c(c(C)c(c1C)C[n+]1cc(C)n(c1)C2)Cn1c[n+](cc1C)C3. The highest BCUT2D eigenvalue weighted by Gasteiger charge is 2.27. The van der Waals surface area contributed by atoms with Gasteiger partial charge in [-0.25, -0.2) is 27.4 Å². The second-order valence-electron chi connectivity index (χ2n) is 13.2. The summed E-state index contributed by atoms with van der Waals surface area (Å²) in [5.74, 6) is 0. The number of nitrogens with zero attached hydrogens (tertiary/aromatic N) is 6. The van der Waals surface area contributed by atoms with E-state index in [-0.39, 0.29) is 0 Å². The molecule has 3 aliphatic heterocycles. The smallest absolute Gasteiger partial charge is 0.232 e. The summed E-state index contributed by atoms with van der Waals surface area (Å²) in [6.45, 7) is 26.2. The molecule has 6 heterocycles. The van der Waals surface area contributed by atoms with Gasteiger partial charge >= 0.3 is 0 Å². The third-order valence-corrected chi connectivity index (χ3v) is 10.7. The van der Waals surface area contributed by atoms with Crippen molar-refractivity contribution >= 4 is 0 Å². The van der Waals surface area contributed by atoms with Crippen molar-refractivity contribution in [1.82, 2.24) is 13.7 Å². The van der Waals surface area contributed by atoms with E-state index in [1.165, 1.54) is 83.8 Å². The maximum Gasteiger partial charge on any atom is 0.244 e. The van der Waals surface area contributed by atoms with Gasteiger partial charge in [0.15, 0.2) is 0 Å². The fourth-order valence-electron chi connectivity index (χ4n) is 7.87. The predicted molar refractivity (Wildman–Crippen MR) is 164 cm³/mol. The number of aromatic nitrogens is 6. The van der Waals surface area contributed by atoms with Crippen LogP contribution in [0.4, 0.5) is 0 Å². The lowest BCUT2D eigenvalue weighted by molar-refractivity contribution is -0.689. The lowest BCUT2D eigenvalue weighted by Crippen LogP contribution is -2.36. The molecule has 0 spiro atoms. The van der Waals surface area contributed by atoms with Crippen LogP contribution in [0.1, 0.15) is 83.8 Å². The van der Waals surface area contributed by atoms with E-state index in [2.05, 4.69) is 127 Å². The Balaban J connectivity index is 1.61. The Hall–Kier alpha value is -3.93. The van der Waals surface area contributed by atoms with Crippen LogP contribution in [0.15, 0.2) is 37.6 Å². The van der Waals surface area contributed by atoms with Crippen molar-refractivity contribution in [3.8, 4) is 0 Å². The van der Waals surface area contributed by atoms with Gasteiger partial charge in [0.2, 0.25) is 19.0 Å². The second-order valence-corrected chi connectivity index (χ2v) is 13.2. The first-order valence-electron chi connectivity index (χ1n) is 15.4. The van der Waals surface area contributed by atoms with Crippen LogP contribution in [0.2, 0.25) is 0 Å². The van der Waals surface area contributed by atoms with Crippen LogP contribution < -0.4 is 13.7 Å². The standard InChI is InChI=1S/C36H45N6/c1-22-12-39-15-33-28(7)35-17-41-19-37(10-23(41)2)13-31-25(4)32(27(6)34(26(31)5)16-40(22)21-39)14-38-11-24(3)42(20-38)18-36(29(33)8)30(35)9/h10-12,19-21H,13-18H2,1-9H3/q+3. The molecule has 6 heteroatoms. The van der Waals surface area contributed by atoms with Gasteiger partial charge in [0, 0.05) is 54.2 Å². The summed E-state index contributed by atoms with van der Waals surface area (Å²) < 4.78 is 14.6. The zero-order valence-electron chi connectivity index (χ0n) is 26.9. The Morgan fingerprint density at radius 2 is 0.619 bits per heavy atom. The van der Waals surface area contributed by atoms with Crippen molar-refractivity contribution in [2.24, 2.45) is 0 Å². The van der Waals surface area contributed by atoms with Gasteiger partial charge < -0.3 is 0 Å². The molecule has 0 saturated heterocycles. The molecule has 0 amide bonds. The van der Waals surface area contributed by atoms with E-state index in [9.17, 15) is 0 Å². The molecule has 5 aromatic rings. The molecule has 8 rings (SSSR count). The quantitative estimate of drug-likeness (QED) is 0.241. The van der Waals surface area contributed by atoms with Crippen molar-refractivity contribution in [2.75, 3.05) is 0 Å². The van der Waals surface area contributed by atoms with E-state index < -0.39 is 0 Å². The number of imidazole rings is 3. The average molecular weight is 562 g/mol. The van der Waals surface area contributed by atoms with Crippen LogP contribution >= 0.6 is 0 Å². The minimum atomic E-state index is 0.878. The van der Waals surface area contributed by atoms with Crippen LogP contribution in [0, 0.1) is 62.3 Å². The normalized spacial score (nSPS) is 14.2. The minimum Gasteiger partial charge on any atom is -0.232 e. The van der Waals surface area contributed by atoms with Gasteiger partial charge in [0.1, 0.15) is 74.9 Å². The van der Waals surface area contributed by atoms with Crippen LogP contribution in [0.5, 0.6) is 0 Å². The van der Waals surface area contributed by atoms with Crippen molar-refractivity contribution in [3.63, 3.8) is 0 Å². The Bertz CT molecular complexity index is 1820. The maximum atomic E-state index is 2.46. The molecule has 0 radical (unpaired) electrons. The molecular formula is C36H45N6+3. The number of aryl methyl sites for hydroxylation is 3. The summed E-state index contributed by atoms with van der Waals surface area (Å²) in [5, 5.41) is 0. The highest BCUT2D eigenvalue weighted by molar-refractivity contribution is 5.52. The lowest BCUT2D eigenvalue weighted by Gasteiger charge is -2.21. The molecule has 12 bridgehead atoms. The molecule has 0 fully saturated rings. The monoisotopic (exact) mass is 561 g/mol. The molecule has 0 atom stereocenters. The van der Waals surface area contributed by atoms with E-state index in [0.717, 1.165) is 39.3 Å². The van der Waals surface area contributed by atoms with Gasteiger partial charge in [-0.1, -0.05) is 0 Å². The van der Waals surface area contributed by atoms with Gasteiger partial charge in [-0.05, 0) is 74.9 Å². The largest absolute Gasteiger partial charge is 0.244 e. The average Bonchev–Trinajstić information content (AvgIpc) is 3.59. The van der Waals surface area contributed by atoms with E-state index in [4.69, 9.17) is 0 Å². The fourth-order valence-corrected chi connectivity index (χ4v) is 7.87. The first-order valence-corrected chi connectivity index (χ1v) is 15.4. The van der Waals surface area contributed by atoms with Crippen LogP contribution in [0.25, 0.3) is 0 Å². The highest BCUT2D eigenvalue weighted by Crippen LogP contribution is 2.31. The molecule has 0 saturated carbocycles. The van der Waals surface area contributed by atoms with E-state index in [1.54, 1.807) is 0 Å². The molecule has 0 N–H and O–H groups in total. The van der Waals surface area contributed by atoms with Crippen LogP contribution in [-0.2, 0) is 39.3 Å². The second kappa shape index (κ2) is 9.55. The van der Waals surface area contributed by atoms with Crippen LogP contribution in [-0.4, -0.2) is 13.7 Å². The molecule has 2 aromatic carbocycles. The Labute approximate surface area is 250 Å². The number of benzene rings is 2. The summed E-state index contributed by atoms with van der Waals surface area (Å²) >= 11 is 0. The van der Waals surface area contributed by atoms with Crippen molar-refractivity contribution in [1.29, 1.82) is 0 Å². The molecule has 42 heavy (non-hydrogen) atoms. The molecule has 3 aliphatic rings. The zero-order chi connectivity index (χ0) is 29.6. The summed E-state index contributed by atoms with van der Waals surface area (Å²) in [6, 6.07) is 0. The predicted octanol–water partition coefficient (Wildman–Crippen LogP) is 4.65. The molecular weight excluding hydrogens is 516 g/mol. The lowest BCUT2D eigenvalue weighted by atomic mass is 9.87. The highest BCUT2D eigenvalue weighted by atomic mass is 15.1. The van der Waals surface area contributed by atoms with Gasteiger partial charge in [0.25, 0.3) is 0 Å². The Kier molecular flexibility index (Phi) is 6.12. The third-order valence-electron chi connectivity index (χ3n) is 10.7. The minimum absolute atomic E-state index is 0.878. The van der Waals surface area contributed by atoms with Gasteiger partial charge in [0.05, 0.1) is 0 Å². The first kappa shape index (κ1) is 26.9. The summed E-state index contributed by atoms with van der Waals surface area (Å²) in [4.78, 5) is 0. The molecule has 6 nitrogen and oxygen atoms in total. The van der Waals surface area contributed by atoms with E-state index in [0.29, 0.717) is 0 Å². The first-order chi connectivity index (χ1) is 20.0. The van der Waals surface area contributed by atoms with E-state index in [1.807, 2.05) is 0 Å². The van der Waals surface area contributed by atoms with Crippen molar-refractivity contribution in [2.45, 2.75) is 102 Å². The molecule has 0 aliphatic carbocycles. The molecule has 0 unspecified atom stereocenters. The summed E-state index contributed by atoms with van der Waals surface area (Å²) in [7, 11) is 0. The Morgan fingerprint density at radius 3 is 0.905 bits per heavy atom. The molecule has 216 valence electrons. The van der Waals surface area contributed by atoms with Crippen LogP contribution in [0.3, 0.4) is 0 Å². The third kappa shape index (κ3) is 4.10. The summed E-state index contributed by atoms with van der Waals surface area (Å²) in [6.07, 6.45) is 14.0. The molecule has 3 aromatic heterocycles. The maximum absolute atomic E-state index is 2.46. The number of hydrogen-bond donors (Lipinski definition) is 0. The van der Waals surface area contributed by atoms with E-state index >= 15 is 0 Å². The summed E-state index contributed by atoms with van der Waals surface area (Å²) in [5.41, 5.74) is 21.2. The van der Waals surface area contributed by atoms with Gasteiger partial charge in [-0.15, -0.1) is 0 Å². The fraction of sp³-hybridized carbons (Fsp3) is 0.417.